The molecule has 0 spiro atoms. The van der Waals surface area contributed by atoms with Crippen molar-refractivity contribution in [3.8, 4) is 46.0 Å². The second-order valence-electron chi connectivity index (χ2n) is 19.3. The maximum absolute atomic E-state index is 13.4. The van der Waals surface area contributed by atoms with Gasteiger partial charge in [0.05, 0.1) is 76.4 Å². The maximum atomic E-state index is 13.4. The third-order valence-electron chi connectivity index (χ3n) is 15.4. The molecule has 0 heterocycles. The number of aryl methyl sites for hydroxylation is 1. The second-order valence-corrected chi connectivity index (χ2v) is 19.3. The first kappa shape index (κ1) is 52.7. The van der Waals surface area contributed by atoms with E-state index in [2.05, 4.69) is 0 Å². The van der Waals surface area contributed by atoms with Gasteiger partial charge in [0.25, 0.3) is 0 Å². The van der Waals surface area contributed by atoms with Crippen LogP contribution in [0.1, 0.15) is 78.3 Å². The number of ether oxygens (including phenoxy) is 4. The summed E-state index contributed by atoms with van der Waals surface area (Å²) in [7, 11) is 5.20. The van der Waals surface area contributed by atoms with E-state index in [1.54, 1.807) is 13.8 Å². The average Bonchev–Trinajstić information content (AvgIpc) is 3.39. The SMILES string of the molecule is CCc1c(OC)c(O)c2c(=O)cc(CO)c3c4c(CO)cc(=O)c5c(O)c(OC)c(C(O)C(C)=O)c(c1c23)c54.COc1c(O)c2c(=O)cc(CO)c3c4c(CO)cc(=O)c5c(O)c(OC)c6c(c(c1CC(C)=C6C(C)=O)c23)c54. The van der Waals surface area contributed by atoms with Crippen LogP contribution in [0.2, 0.25) is 0 Å². The number of aliphatic hydroxyl groups is 5. The Morgan fingerprint density at radius 3 is 1.22 bits per heavy atom. The number of Topliss-reactive ketones (excluding diaryl/α,β-unsaturated/α-hetero) is 2. The third kappa shape index (κ3) is 6.75. The maximum Gasteiger partial charge on any atom is 0.190 e. The van der Waals surface area contributed by atoms with Gasteiger partial charge in [-0.25, -0.2) is 0 Å². The number of benzene rings is 10. The molecule has 11 rings (SSSR count). The van der Waals surface area contributed by atoms with Crippen molar-refractivity contribution < 1.29 is 74.5 Å². The Morgan fingerprint density at radius 2 is 0.846 bits per heavy atom. The molecule has 10 aromatic carbocycles. The number of rotatable bonds is 12. The van der Waals surface area contributed by atoms with Crippen molar-refractivity contribution in [1.82, 2.24) is 0 Å². The van der Waals surface area contributed by atoms with Crippen molar-refractivity contribution in [3.05, 3.63) is 115 Å². The molecule has 1 aliphatic rings. The number of hydrogen-bond acceptors (Lipinski definition) is 19. The number of hydrogen-bond donors (Lipinski definition) is 9. The minimum atomic E-state index is -1.82. The first-order valence-corrected chi connectivity index (χ1v) is 24.4. The summed E-state index contributed by atoms with van der Waals surface area (Å²) < 4.78 is 22.2. The summed E-state index contributed by atoms with van der Waals surface area (Å²) in [5.41, 5.74) is 0.0548. The van der Waals surface area contributed by atoms with Gasteiger partial charge in [-0.2, -0.15) is 0 Å². The molecular weight excluding hydrogens is 1010 g/mol. The summed E-state index contributed by atoms with van der Waals surface area (Å²) in [5.74, 6) is -3.30. The molecule has 19 heteroatoms. The fourth-order valence-electron chi connectivity index (χ4n) is 12.6. The second kappa shape index (κ2) is 18.8. The highest BCUT2D eigenvalue weighted by molar-refractivity contribution is 6.41. The lowest BCUT2D eigenvalue weighted by Gasteiger charge is -2.26. The van der Waals surface area contributed by atoms with Crippen LogP contribution in [-0.2, 0) is 48.9 Å². The standard InChI is InChI=1S/C30H24O9.C29H26O10/c1-10-5-14-20-23-18(12(8-31)6-15(34)21(23)27(36)29(14)38-3)19-13(9-32)7-16(35)22-24(19)25(20)26(17(10)11(2)33)30(39-4)28(22)37;1-5-13-18-21-16(11(8-30)6-14(33)19(21)26(36)28(13)38-3)17-12(9-31)7-15(34)20-22(17)23(18)24(25(35)10(2)32)29(39-4)27(20)37/h6-7,31-32,36-37H,5,8-9H2,1-4H3;6-7,25,30-31,35-37H,5,8-9H2,1-4H3. The van der Waals surface area contributed by atoms with E-state index in [0.717, 1.165) is 19.1 Å². The van der Waals surface area contributed by atoms with Crippen LogP contribution in [0.4, 0.5) is 0 Å². The first-order chi connectivity index (χ1) is 37.2. The molecule has 0 aromatic heterocycles. The zero-order valence-electron chi connectivity index (χ0n) is 43.2. The van der Waals surface area contributed by atoms with Gasteiger partial charge in [-0.15, -0.1) is 0 Å². The highest BCUT2D eigenvalue weighted by Crippen LogP contribution is 2.58. The number of phenols is 4. The monoisotopic (exact) mass is 1060 g/mol. The fraction of sp³-hybridized carbons (Fsp3) is 0.254. The van der Waals surface area contributed by atoms with E-state index in [1.165, 1.54) is 47.5 Å². The van der Waals surface area contributed by atoms with Crippen molar-refractivity contribution in [2.75, 3.05) is 28.4 Å². The number of phenolic OH excluding ortho intramolecular Hbond substituents is 4. The van der Waals surface area contributed by atoms with Crippen LogP contribution in [0.25, 0.3) is 91.8 Å². The molecule has 0 saturated carbocycles. The molecule has 1 atom stereocenters. The fourth-order valence-corrected chi connectivity index (χ4v) is 12.6. The van der Waals surface area contributed by atoms with Gasteiger partial charge < -0.3 is 64.9 Å². The lowest BCUT2D eigenvalue weighted by molar-refractivity contribution is -0.125. The summed E-state index contributed by atoms with van der Waals surface area (Å²) in [4.78, 5) is 79.3. The van der Waals surface area contributed by atoms with E-state index in [1.807, 2.05) is 0 Å². The molecule has 0 radical (unpaired) electrons. The van der Waals surface area contributed by atoms with Gasteiger partial charge in [0.1, 0.15) is 6.10 Å². The van der Waals surface area contributed by atoms with Crippen LogP contribution in [0.3, 0.4) is 0 Å². The van der Waals surface area contributed by atoms with Crippen LogP contribution < -0.4 is 40.7 Å². The molecule has 0 bridgehead atoms. The Hall–Kier alpha value is -8.72. The van der Waals surface area contributed by atoms with Crippen molar-refractivity contribution in [2.24, 2.45) is 0 Å². The number of ketones is 2. The predicted molar refractivity (Wildman–Crippen MR) is 291 cm³/mol. The number of carbonyl (C=O) groups is 2. The van der Waals surface area contributed by atoms with E-state index in [9.17, 15) is 74.7 Å². The summed E-state index contributed by atoms with van der Waals surface area (Å²) in [6, 6.07) is 4.69. The van der Waals surface area contributed by atoms with Crippen LogP contribution in [0.15, 0.2) is 49.0 Å². The minimum Gasteiger partial charge on any atom is -0.504 e. The Bertz CT molecular complexity index is 4600. The van der Waals surface area contributed by atoms with E-state index >= 15 is 0 Å². The molecule has 1 unspecified atom stereocenters. The van der Waals surface area contributed by atoms with E-state index < -0.39 is 77.3 Å². The van der Waals surface area contributed by atoms with E-state index in [4.69, 9.17) is 18.9 Å². The van der Waals surface area contributed by atoms with Gasteiger partial charge in [0.2, 0.25) is 0 Å². The van der Waals surface area contributed by atoms with Gasteiger partial charge >= 0.3 is 0 Å². The van der Waals surface area contributed by atoms with Crippen molar-refractivity contribution in [3.63, 3.8) is 0 Å². The molecule has 400 valence electrons. The molecular formula is C59H50O19. The van der Waals surface area contributed by atoms with Crippen LogP contribution in [-0.4, -0.2) is 86.0 Å². The molecule has 78 heavy (non-hydrogen) atoms. The minimum absolute atomic E-state index is 0.0210. The number of aliphatic hydroxyl groups excluding tert-OH is 5. The molecule has 0 amide bonds. The Labute approximate surface area is 439 Å². The molecule has 9 N–H and O–H groups in total. The smallest absolute Gasteiger partial charge is 0.190 e. The number of allylic oxidation sites excluding steroid dienone is 2. The lowest BCUT2D eigenvalue weighted by atomic mass is 9.80. The topological polar surface area (TPSA) is 321 Å². The Balaban J connectivity index is 0.000000176. The van der Waals surface area contributed by atoms with Crippen molar-refractivity contribution in [1.29, 1.82) is 0 Å². The quantitative estimate of drug-likeness (QED) is 0.0522. The predicted octanol–water partition coefficient (Wildman–Crippen LogP) is 5.72. The zero-order valence-corrected chi connectivity index (χ0v) is 43.2. The molecule has 19 nitrogen and oxygen atoms in total. The average molecular weight is 1060 g/mol. The lowest BCUT2D eigenvalue weighted by Crippen LogP contribution is -2.15. The number of aromatic hydroxyl groups is 4. The number of methoxy groups -OCH3 is 4. The molecule has 10 aromatic rings. The van der Waals surface area contributed by atoms with Crippen molar-refractivity contribution >= 4 is 103 Å². The summed E-state index contributed by atoms with van der Waals surface area (Å²) in [6.07, 6.45) is -1.45. The number of fused-ring (bicyclic) bond motifs is 3. The van der Waals surface area contributed by atoms with Crippen molar-refractivity contribution in [2.45, 2.75) is 73.1 Å². The first-order valence-electron chi connectivity index (χ1n) is 24.4. The van der Waals surface area contributed by atoms with Gasteiger partial charge in [0.15, 0.2) is 79.3 Å². The highest BCUT2D eigenvalue weighted by atomic mass is 16.5. The number of carbonyl (C=O) groups excluding carboxylic acids is 2. The Kier molecular flexibility index (Phi) is 12.7. The molecule has 0 fully saturated rings. The zero-order chi connectivity index (χ0) is 56.6. The van der Waals surface area contributed by atoms with Gasteiger partial charge in [-0.1, -0.05) is 12.5 Å². The van der Waals surface area contributed by atoms with Gasteiger partial charge in [-0.3, -0.25) is 28.8 Å². The summed E-state index contributed by atoms with van der Waals surface area (Å²) in [6.45, 7) is 3.70. The van der Waals surface area contributed by atoms with Crippen LogP contribution in [0, 0.1) is 0 Å². The normalized spacial score (nSPS) is 13.0. The summed E-state index contributed by atoms with van der Waals surface area (Å²) in [5, 5.41) is 101. The van der Waals surface area contributed by atoms with E-state index in [0.29, 0.717) is 43.6 Å². The largest absolute Gasteiger partial charge is 0.504 e. The van der Waals surface area contributed by atoms with Crippen LogP contribution >= 0.6 is 0 Å². The Morgan fingerprint density at radius 1 is 0.487 bits per heavy atom. The molecule has 0 aliphatic heterocycles. The van der Waals surface area contributed by atoms with E-state index in [-0.39, 0.29) is 146 Å². The van der Waals surface area contributed by atoms with Gasteiger partial charge in [0, 0.05) is 60.1 Å². The van der Waals surface area contributed by atoms with Crippen LogP contribution in [0.5, 0.6) is 46.0 Å². The molecule has 1 aliphatic carbocycles. The highest BCUT2D eigenvalue weighted by Gasteiger charge is 2.37. The summed E-state index contributed by atoms with van der Waals surface area (Å²) >= 11 is 0. The third-order valence-corrected chi connectivity index (χ3v) is 15.4. The van der Waals surface area contributed by atoms with Gasteiger partial charge in [-0.05, 0) is 112 Å². The molecule has 0 saturated heterocycles.